The van der Waals surface area contributed by atoms with Crippen LogP contribution in [0.1, 0.15) is 31.9 Å². The Morgan fingerprint density at radius 1 is 0.897 bits per heavy atom. The topological polar surface area (TPSA) is 101 Å². The van der Waals surface area contributed by atoms with Crippen LogP contribution in [0.4, 0.5) is 10.6 Å². The maximum atomic E-state index is 13.6. The summed E-state index contributed by atoms with van der Waals surface area (Å²) in [5.74, 6) is 0.467. The third-order valence-electron chi connectivity index (χ3n) is 6.28. The van der Waals surface area contributed by atoms with Crippen molar-refractivity contribution in [1.82, 2.24) is 4.57 Å². The van der Waals surface area contributed by atoms with E-state index in [-0.39, 0.29) is 16.3 Å². The van der Waals surface area contributed by atoms with Crippen LogP contribution in [0.3, 0.4) is 0 Å². The van der Waals surface area contributed by atoms with Gasteiger partial charge in [0.2, 0.25) is 9.84 Å². The largest absolute Gasteiger partial charge is 0.444 e. The van der Waals surface area contributed by atoms with Crippen molar-refractivity contribution in [1.29, 1.82) is 5.26 Å². The van der Waals surface area contributed by atoms with Crippen LogP contribution >= 0.6 is 0 Å². The van der Waals surface area contributed by atoms with Gasteiger partial charge in [0.05, 0.1) is 33.5 Å². The zero-order valence-corrected chi connectivity index (χ0v) is 22.6. The van der Waals surface area contributed by atoms with Crippen molar-refractivity contribution < 1.29 is 17.9 Å². The van der Waals surface area contributed by atoms with Gasteiger partial charge in [-0.15, -0.1) is 0 Å². The molecule has 39 heavy (non-hydrogen) atoms. The molecule has 0 fully saturated rings. The van der Waals surface area contributed by atoms with Gasteiger partial charge in [-0.05, 0) is 79.6 Å². The lowest BCUT2D eigenvalue weighted by molar-refractivity contribution is 0.0635. The Morgan fingerprint density at radius 2 is 1.62 bits per heavy atom. The van der Waals surface area contributed by atoms with E-state index in [1.807, 2.05) is 41.0 Å². The van der Waals surface area contributed by atoms with E-state index in [1.54, 1.807) is 75.4 Å². The maximum Gasteiger partial charge on any atom is 0.413 e. The Labute approximate surface area is 227 Å². The van der Waals surface area contributed by atoms with Crippen LogP contribution in [0.15, 0.2) is 101 Å². The van der Waals surface area contributed by atoms with Gasteiger partial charge in [0, 0.05) is 5.39 Å². The molecule has 0 spiro atoms. The summed E-state index contributed by atoms with van der Waals surface area (Å²) in [6.07, 6.45) is -0.614. The second-order valence-corrected chi connectivity index (χ2v) is 12.2. The molecule has 1 heterocycles. The Hall–Kier alpha value is -4.61. The standard InChI is InChI=1S/C31H27N3O4S/c1-31(2,3)38-30(35)33-29-18-23-14-13-21(19-32)15-28(23)34(29)20-24-17-26(16-22-9-7-8-12-27(22)24)39(36,37)25-10-5-4-6-11-25/h4-18H,20H2,1-3H3,(H,33,35). The number of hydrogen-bond acceptors (Lipinski definition) is 5. The van der Waals surface area contributed by atoms with Crippen molar-refractivity contribution >= 4 is 43.4 Å². The van der Waals surface area contributed by atoms with E-state index in [2.05, 4.69) is 11.4 Å². The van der Waals surface area contributed by atoms with Gasteiger partial charge in [-0.25, -0.2) is 13.2 Å². The van der Waals surface area contributed by atoms with Crippen molar-refractivity contribution in [2.45, 2.75) is 42.7 Å². The van der Waals surface area contributed by atoms with Crippen LogP contribution in [0, 0.1) is 11.3 Å². The van der Waals surface area contributed by atoms with Gasteiger partial charge < -0.3 is 9.30 Å². The minimum Gasteiger partial charge on any atom is -0.444 e. The summed E-state index contributed by atoms with van der Waals surface area (Å²) in [7, 11) is -3.78. The number of aromatic nitrogens is 1. The third-order valence-corrected chi connectivity index (χ3v) is 8.02. The monoisotopic (exact) mass is 537 g/mol. The first kappa shape index (κ1) is 26.0. The second kappa shape index (κ2) is 9.93. The lowest BCUT2D eigenvalue weighted by Gasteiger charge is -2.20. The highest BCUT2D eigenvalue weighted by atomic mass is 32.2. The maximum absolute atomic E-state index is 13.6. The summed E-state index contributed by atoms with van der Waals surface area (Å²) in [5.41, 5.74) is 1.25. The number of carbonyl (C=O) groups excluding carboxylic acids is 1. The molecule has 196 valence electrons. The van der Waals surface area contributed by atoms with Crippen LogP contribution in [0.5, 0.6) is 0 Å². The summed E-state index contributed by atoms with van der Waals surface area (Å²) in [6.45, 7) is 5.59. The van der Waals surface area contributed by atoms with Crippen LogP contribution in [0.25, 0.3) is 21.7 Å². The van der Waals surface area contributed by atoms with Gasteiger partial charge in [-0.3, -0.25) is 5.32 Å². The van der Waals surface area contributed by atoms with Crippen LogP contribution < -0.4 is 5.32 Å². The van der Waals surface area contributed by atoms with Crippen molar-refractivity contribution in [3.8, 4) is 6.07 Å². The van der Waals surface area contributed by atoms with E-state index in [0.717, 1.165) is 27.2 Å². The lowest BCUT2D eigenvalue weighted by Crippen LogP contribution is -2.28. The number of amides is 1. The first-order valence-corrected chi connectivity index (χ1v) is 13.9. The number of ether oxygens (including phenoxy) is 1. The average molecular weight is 538 g/mol. The van der Waals surface area contributed by atoms with Crippen molar-refractivity contribution in [3.05, 3.63) is 102 Å². The number of nitriles is 1. The average Bonchev–Trinajstić information content (AvgIpc) is 3.23. The highest BCUT2D eigenvalue weighted by Gasteiger charge is 2.22. The van der Waals surface area contributed by atoms with Gasteiger partial charge in [-0.2, -0.15) is 5.26 Å². The molecule has 0 bridgehead atoms. The van der Waals surface area contributed by atoms with E-state index < -0.39 is 21.5 Å². The molecule has 8 heteroatoms. The normalized spacial score (nSPS) is 11.8. The summed E-state index contributed by atoms with van der Waals surface area (Å²) < 4.78 is 34.5. The predicted octanol–water partition coefficient (Wildman–Crippen LogP) is 6.89. The Kier molecular flexibility index (Phi) is 6.62. The quantitative estimate of drug-likeness (QED) is 0.263. The molecular weight excluding hydrogens is 510 g/mol. The smallest absolute Gasteiger partial charge is 0.413 e. The molecular formula is C31H27N3O4S. The number of hydrogen-bond donors (Lipinski definition) is 1. The zero-order valence-electron chi connectivity index (χ0n) is 21.8. The van der Waals surface area contributed by atoms with E-state index in [1.165, 1.54) is 0 Å². The first-order valence-electron chi connectivity index (χ1n) is 12.4. The zero-order chi connectivity index (χ0) is 27.8. The fourth-order valence-corrected chi connectivity index (χ4v) is 5.92. The van der Waals surface area contributed by atoms with E-state index in [0.29, 0.717) is 11.4 Å². The molecule has 5 aromatic rings. The molecule has 0 atom stereocenters. The minimum atomic E-state index is -3.78. The van der Waals surface area contributed by atoms with Crippen LogP contribution in [-0.2, 0) is 21.1 Å². The van der Waals surface area contributed by atoms with Crippen molar-refractivity contribution in [2.24, 2.45) is 0 Å². The minimum absolute atomic E-state index is 0.179. The number of fused-ring (bicyclic) bond motifs is 2. The molecule has 0 unspecified atom stereocenters. The summed E-state index contributed by atoms with van der Waals surface area (Å²) in [5, 5.41) is 14.8. The van der Waals surface area contributed by atoms with Gasteiger partial charge in [0.1, 0.15) is 11.4 Å². The predicted molar refractivity (Wildman–Crippen MR) is 151 cm³/mol. The van der Waals surface area contributed by atoms with E-state index in [4.69, 9.17) is 4.74 Å². The lowest BCUT2D eigenvalue weighted by atomic mass is 10.0. The number of carbonyl (C=O) groups is 1. The van der Waals surface area contributed by atoms with Gasteiger partial charge in [0.25, 0.3) is 0 Å². The summed E-state index contributed by atoms with van der Waals surface area (Å²) in [4.78, 5) is 13.1. The molecule has 4 aromatic carbocycles. The Balaban J connectivity index is 1.67. The number of nitrogens with one attached hydrogen (secondary N) is 1. The van der Waals surface area contributed by atoms with Gasteiger partial charge in [-0.1, -0.05) is 48.5 Å². The van der Waals surface area contributed by atoms with Gasteiger partial charge in [0.15, 0.2) is 0 Å². The number of sulfone groups is 1. The molecule has 0 saturated heterocycles. The summed E-state index contributed by atoms with van der Waals surface area (Å²) >= 11 is 0. The Morgan fingerprint density at radius 3 is 2.33 bits per heavy atom. The highest BCUT2D eigenvalue weighted by Crippen LogP contribution is 2.32. The SMILES string of the molecule is CC(C)(C)OC(=O)Nc1cc2ccc(C#N)cc2n1Cc1cc(S(=O)(=O)c2ccccc2)cc2ccccc12. The molecule has 0 saturated carbocycles. The van der Waals surface area contributed by atoms with Crippen LogP contribution in [-0.4, -0.2) is 24.7 Å². The molecule has 1 amide bonds. The molecule has 1 aromatic heterocycles. The molecule has 0 aliphatic heterocycles. The number of benzene rings is 4. The fraction of sp³-hybridized carbons (Fsp3) is 0.161. The number of nitrogens with zero attached hydrogens (tertiary/aromatic N) is 2. The van der Waals surface area contributed by atoms with Gasteiger partial charge >= 0.3 is 6.09 Å². The van der Waals surface area contributed by atoms with Crippen LogP contribution in [0.2, 0.25) is 0 Å². The number of anilines is 1. The fourth-order valence-electron chi connectivity index (χ4n) is 4.56. The molecule has 1 N–H and O–H groups in total. The molecule has 0 aliphatic rings. The molecule has 0 aliphatic carbocycles. The molecule has 7 nitrogen and oxygen atoms in total. The second-order valence-electron chi connectivity index (χ2n) is 10.2. The number of rotatable bonds is 5. The molecule has 0 radical (unpaired) electrons. The van der Waals surface area contributed by atoms with Crippen molar-refractivity contribution in [3.63, 3.8) is 0 Å². The van der Waals surface area contributed by atoms with E-state index >= 15 is 0 Å². The highest BCUT2D eigenvalue weighted by molar-refractivity contribution is 7.91. The Bertz CT molecular complexity index is 1860. The third kappa shape index (κ3) is 5.35. The van der Waals surface area contributed by atoms with Crippen molar-refractivity contribution in [2.75, 3.05) is 5.32 Å². The summed E-state index contributed by atoms with van der Waals surface area (Å²) in [6, 6.07) is 28.5. The molecule has 5 rings (SSSR count). The first-order chi connectivity index (χ1) is 18.5. The van der Waals surface area contributed by atoms with E-state index in [9.17, 15) is 18.5 Å².